The van der Waals surface area contributed by atoms with E-state index in [1.807, 2.05) is 6.92 Å². The van der Waals surface area contributed by atoms with Crippen LogP contribution in [-0.4, -0.2) is 16.0 Å². The third-order valence-corrected chi connectivity index (χ3v) is 4.21. The number of aromatic nitrogens is 2. The number of nitrogens with zero attached hydrogens (tertiary/aromatic N) is 2. The second-order valence-corrected chi connectivity index (χ2v) is 5.98. The molecule has 3 rings (SSSR count). The molecule has 104 valence electrons. The molecule has 1 fully saturated rings. The second kappa shape index (κ2) is 4.98. The molecule has 1 aliphatic rings. The van der Waals surface area contributed by atoms with E-state index >= 15 is 0 Å². The molecule has 0 bridgehead atoms. The monoisotopic (exact) mass is 267 g/mol. The summed E-state index contributed by atoms with van der Waals surface area (Å²) in [6, 6.07) is 8.88. The van der Waals surface area contributed by atoms with Gasteiger partial charge < -0.3 is 5.73 Å². The van der Waals surface area contributed by atoms with E-state index in [1.54, 1.807) is 0 Å². The van der Waals surface area contributed by atoms with Crippen LogP contribution in [-0.2, 0) is 0 Å². The Kier molecular flexibility index (Phi) is 3.30. The number of benzene rings is 1. The minimum Gasteiger partial charge on any atom is -0.328 e. The molecule has 0 saturated heterocycles. The van der Waals surface area contributed by atoms with Gasteiger partial charge in [-0.1, -0.05) is 12.1 Å². The fourth-order valence-corrected chi connectivity index (χ4v) is 2.70. The van der Waals surface area contributed by atoms with Gasteiger partial charge in [0.2, 0.25) is 0 Å². The van der Waals surface area contributed by atoms with E-state index in [2.05, 4.69) is 43.1 Å². The molecule has 1 aromatic carbocycles. The van der Waals surface area contributed by atoms with Gasteiger partial charge in [-0.25, -0.2) is 9.97 Å². The molecule has 1 heterocycles. The van der Waals surface area contributed by atoms with Crippen LogP contribution >= 0.6 is 0 Å². The van der Waals surface area contributed by atoms with E-state index in [0.29, 0.717) is 12.0 Å². The lowest BCUT2D eigenvalue weighted by Gasteiger charge is -2.31. The maximum absolute atomic E-state index is 5.87. The first-order valence-corrected chi connectivity index (χ1v) is 7.21. The van der Waals surface area contributed by atoms with Gasteiger partial charge in [-0.3, -0.25) is 0 Å². The number of hydrogen-bond acceptors (Lipinski definition) is 3. The third-order valence-electron chi connectivity index (χ3n) is 4.21. The SMILES string of the molecule is Cc1cc(-c2ccc(C)c(C)c2)nc(C2CC(N)C2)n1. The van der Waals surface area contributed by atoms with Crippen LogP contribution < -0.4 is 5.73 Å². The maximum Gasteiger partial charge on any atom is 0.132 e. The summed E-state index contributed by atoms with van der Waals surface area (Å²) in [4.78, 5) is 9.35. The maximum atomic E-state index is 5.87. The van der Waals surface area contributed by atoms with Crippen LogP contribution in [0.3, 0.4) is 0 Å². The lowest BCUT2D eigenvalue weighted by molar-refractivity contribution is 0.338. The van der Waals surface area contributed by atoms with Crippen LogP contribution in [0.15, 0.2) is 24.3 Å². The minimum absolute atomic E-state index is 0.328. The van der Waals surface area contributed by atoms with Crippen LogP contribution in [0.25, 0.3) is 11.3 Å². The largest absolute Gasteiger partial charge is 0.328 e. The first-order chi connectivity index (χ1) is 9.52. The topological polar surface area (TPSA) is 51.8 Å². The lowest BCUT2D eigenvalue weighted by atomic mass is 9.80. The molecule has 0 atom stereocenters. The highest BCUT2D eigenvalue weighted by atomic mass is 14.9. The van der Waals surface area contributed by atoms with E-state index in [-0.39, 0.29) is 0 Å². The number of aryl methyl sites for hydroxylation is 3. The molecular weight excluding hydrogens is 246 g/mol. The normalized spacial score (nSPS) is 21.6. The van der Waals surface area contributed by atoms with Crippen LogP contribution in [0.5, 0.6) is 0 Å². The van der Waals surface area contributed by atoms with Crippen molar-refractivity contribution < 1.29 is 0 Å². The molecule has 0 unspecified atom stereocenters. The third kappa shape index (κ3) is 2.46. The van der Waals surface area contributed by atoms with Crippen molar-refractivity contribution in [1.29, 1.82) is 0 Å². The summed E-state index contributed by atoms with van der Waals surface area (Å²) in [7, 11) is 0. The molecule has 1 aliphatic carbocycles. The van der Waals surface area contributed by atoms with Crippen molar-refractivity contribution in [1.82, 2.24) is 9.97 Å². The zero-order valence-corrected chi connectivity index (χ0v) is 12.4. The minimum atomic E-state index is 0.328. The predicted octanol–water partition coefficient (Wildman–Crippen LogP) is 3.27. The second-order valence-electron chi connectivity index (χ2n) is 5.98. The van der Waals surface area contributed by atoms with Crippen LogP contribution in [0.1, 0.15) is 41.4 Å². The molecule has 2 aromatic rings. The fraction of sp³-hybridized carbons (Fsp3) is 0.412. The van der Waals surface area contributed by atoms with Crippen LogP contribution in [0.2, 0.25) is 0 Å². The van der Waals surface area contributed by atoms with E-state index in [4.69, 9.17) is 10.7 Å². The van der Waals surface area contributed by atoms with Gasteiger partial charge in [-0.2, -0.15) is 0 Å². The molecule has 0 aliphatic heterocycles. The number of nitrogens with two attached hydrogens (primary N) is 1. The lowest BCUT2D eigenvalue weighted by Crippen LogP contribution is -2.35. The Morgan fingerprint density at radius 2 is 1.75 bits per heavy atom. The summed E-state index contributed by atoms with van der Waals surface area (Å²) < 4.78 is 0. The Morgan fingerprint density at radius 3 is 2.40 bits per heavy atom. The van der Waals surface area contributed by atoms with Crippen molar-refractivity contribution in [3.63, 3.8) is 0 Å². The van der Waals surface area contributed by atoms with Crippen molar-refractivity contribution in [3.05, 3.63) is 46.9 Å². The molecular formula is C17H21N3. The highest BCUT2D eigenvalue weighted by Crippen LogP contribution is 2.34. The summed E-state index contributed by atoms with van der Waals surface area (Å²) in [5.41, 5.74) is 11.7. The summed E-state index contributed by atoms with van der Waals surface area (Å²) in [5.74, 6) is 1.40. The van der Waals surface area contributed by atoms with Crippen molar-refractivity contribution in [2.45, 2.75) is 45.6 Å². The Bertz CT molecular complexity index is 643. The molecule has 0 radical (unpaired) electrons. The van der Waals surface area contributed by atoms with Crippen LogP contribution in [0.4, 0.5) is 0 Å². The number of hydrogen-bond donors (Lipinski definition) is 1. The summed E-state index contributed by atoms with van der Waals surface area (Å²) >= 11 is 0. The van der Waals surface area contributed by atoms with Gasteiger partial charge in [0.1, 0.15) is 5.82 Å². The first-order valence-electron chi connectivity index (χ1n) is 7.21. The Hall–Kier alpha value is -1.74. The van der Waals surface area contributed by atoms with E-state index in [9.17, 15) is 0 Å². The highest BCUT2D eigenvalue weighted by molar-refractivity contribution is 5.61. The fourth-order valence-electron chi connectivity index (χ4n) is 2.70. The summed E-state index contributed by atoms with van der Waals surface area (Å²) in [6.07, 6.45) is 2.02. The van der Waals surface area contributed by atoms with Gasteiger partial charge in [0.15, 0.2) is 0 Å². The predicted molar refractivity (Wildman–Crippen MR) is 81.6 cm³/mol. The summed E-state index contributed by atoms with van der Waals surface area (Å²) in [6.45, 7) is 6.30. The average molecular weight is 267 g/mol. The Morgan fingerprint density at radius 1 is 1.00 bits per heavy atom. The standard InChI is InChI=1S/C17H21N3/c1-10-4-5-13(6-11(10)2)16-7-12(3)19-17(20-16)14-8-15(18)9-14/h4-7,14-15H,8-9,18H2,1-3H3. The molecule has 0 spiro atoms. The molecule has 3 heteroatoms. The van der Waals surface area contributed by atoms with Crippen molar-refractivity contribution in [2.75, 3.05) is 0 Å². The molecule has 20 heavy (non-hydrogen) atoms. The quantitative estimate of drug-likeness (QED) is 0.908. The Balaban J connectivity index is 1.98. The van der Waals surface area contributed by atoms with Gasteiger partial charge in [-0.05, 0) is 56.9 Å². The van der Waals surface area contributed by atoms with E-state index in [1.165, 1.54) is 16.7 Å². The van der Waals surface area contributed by atoms with Gasteiger partial charge in [-0.15, -0.1) is 0 Å². The molecule has 0 amide bonds. The Labute approximate surface area is 120 Å². The highest BCUT2D eigenvalue weighted by Gasteiger charge is 2.29. The first kappa shape index (κ1) is 13.3. The van der Waals surface area contributed by atoms with E-state index < -0.39 is 0 Å². The van der Waals surface area contributed by atoms with Crippen molar-refractivity contribution in [2.24, 2.45) is 5.73 Å². The summed E-state index contributed by atoms with van der Waals surface area (Å²) in [5, 5.41) is 0. The molecule has 1 saturated carbocycles. The zero-order valence-electron chi connectivity index (χ0n) is 12.4. The van der Waals surface area contributed by atoms with Crippen molar-refractivity contribution in [3.8, 4) is 11.3 Å². The molecule has 3 nitrogen and oxygen atoms in total. The van der Waals surface area contributed by atoms with Crippen molar-refractivity contribution >= 4 is 0 Å². The van der Waals surface area contributed by atoms with Gasteiger partial charge in [0.05, 0.1) is 5.69 Å². The average Bonchev–Trinajstić information content (AvgIpc) is 2.37. The molecule has 2 N–H and O–H groups in total. The van der Waals surface area contributed by atoms with Gasteiger partial charge >= 0.3 is 0 Å². The van der Waals surface area contributed by atoms with Gasteiger partial charge in [0, 0.05) is 23.2 Å². The zero-order chi connectivity index (χ0) is 14.3. The number of rotatable bonds is 2. The van der Waals surface area contributed by atoms with E-state index in [0.717, 1.165) is 30.1 Å². The smallest absolute Gasteiger partial charge is 0.132 e. The van der Waals surface area contributed by atoms with Gasteiger partial charge in [0.25, 0.3) is 0 Å². The molecule has 1 aromatic heterocycles. The van der Waals surface area contributed by atoms with Crippen LogP contribution in [0, 0.1) is 20.8 Å².